The molecule has 3 rings (SSSR count). The Kier molecular flexibility index (Phi) is 5.43. The first-order chi connectivity index (χ1) is 11.2. The molecule has 2 aliphatic rings. The number of rotatable bonds is 6. The molecule has 0 spiro atoms. The summed E-state index contributed by atoms with van der Waals surface area (Å²) in [5, 5.41) is 8.89. The molecule has 0 aromatic heterocycles. The van der Waals surface area contributed by atoms with Crippen molar-refractivity contribution in [2.45, 2.75) is 54.7 Å². The van der Waals surface area contributed by atoms with E-state index in [1.54, 1.807) is 0 Å². The van der Waals surface area contributed by atoms with Gasteiger partial charge in [-0.2, -0.15) is 0 Å². The third-order valence-electron chi connectivity index (χ3n) is 4.07. The normalized spacial score (nSPS) is 17.7. The maximum Gasteiger partial charge on any atom is 0.315 e. The van der Waals surface area contributed by atoms with E-state index in [1.807, 2.05) is 36.0 Å². The summed E-state index contributed by atoms with van der Waals surface area (Å²) in [4.78, 5) is 24.5. The Hall–Kier alpha value is -1.69. The summed E-state index contributed by atoms with van der Waals surface area (Å²) in [5.74, 6) is -0.216. The lowest BCUT2D eigenvalue weighted by atomic mass is 10.3. The summed E-state index contributed by atoms with van der Waals surface area (Å²) in [6, 6.07) is 7.95. The molecule has 0 saturated heterocycles. The maximum atomic E-state index is 11.8. The largest absolute Gasteiger partial charge is 0.335 e. The Labute approximate surface area is 141 Å². The highest BCUT2D eigenvalue weighted by Crippen LogP contribution is 2.34. The fourth-order valence-corrected chi connectivity index (χ4v) is 3.89. The van der Waals surface area contributed by atoms with E-state index < -0.39 is 0 Å². The molecule has 23 heavy (non-hydrogen) atoms. The minimum Gasteiger partial charge on any atom is -0.335 e. The maximum absolute atomic E-state index is 11.8. The smallest absolute Gasteiger partial charge is 0.315 e. The predicted octanol–water partition coefficient (Wildman–Crippen LogP) is 3.12. The zero-order valence-electron chi connectivity index (χ0n) is 13.1. The first kappa shape index (κ1) is 16.2. The third-order valence-corrected chi connectivity index (χ3v) is 5.41. The Morgan fingerprint density at radius 1 is 1.04 bits per heavy atom. The molecule has 1 aromatic rings. The van der Waals surface area contributed by atoms with Crippen LogP contribution in [0.15, 0.2) is 29.2 Å². The number of carbonyl (C=O) groups is 2. The fraction of sp³-hybridized carbons (Fsp3) is 0.529. The average molecular weight is 333 g/mol. The summed E-state index contributed by atoms with van der Waals surface area (Å²) in [6.45, 7) is -0.0167. The zero-order valence-corrected chi connectivity index (χ0v) is 14.0. The second-order valence-corrected chi connectivity index (χ2v) is 7.57. The Morgan fingerprint density at radius 3 is 2.39 bits per heavy atom. The topological polar surface area (TPSA) is 70.2 Å². The van der Waals surface area contributed by atoms with E-state index in [-0.39, 0.29) is 18.5 Å². The van der Waals surface area contributed by atoms with Gasteiger partial charge in [0.15, 0.2) is 0 Å². The van der Waals surface area contributed by atoms with Gasteiger partial charge in [0.25, 0.3) is 0 Å². The summed E-state index contributed by atoms with van der Waals surface area (Å²) >= 11 is 1.93. The van der Waals surface area contributed by atoms with Gasteiger partial charge >= 0.3 is 6.03 Å². The van der Waals surface area contributed by atoms with Gasteiger partial charge in [0.2, 0.25) is 5.91 Å². The Balaban J connectivity index is 1.39. The molecule has 0 heterocycles. The number of thioether (sulfide) groups is 1. The van der Waals surface area contributed by atoms with Gasteiger partial charge in [-0.15, -0.1) is 11.8 Å². The molecular weight excluding hydrogens is 310 g/mol. The molecule has 6 heteroatoms. The lowest BCUT2D eigenvalue weighted by molar-refractivity contribution is -0.115. The highest BCUT2D eigenvalue weighted by molar-refractivity contribution is 8.00. The van der Waals surface area contributed by atoms with Gasteiger partial charge in [-0.1, -0.05) is 12.8 Å². The minimum absolute atomic E-state index is 0.0167. The number of hydrogen-bond acceptors (Lipinski definition) is 3. The van der Waals surface area contributed by atoms with E-state index in [9.17, 15) is 9.59 Å². The summed E-state index contributed by atoms with van der Waals surface area (Å²) < 4.78 is 0. The van der Waals surface area contributed by atoms with Crippen LogP contribution in [0.25, 0.3) is 0 Å². The molecule has 2 fully saturated rings. The van der Waals surface area contributed by atoms with Gasteiger partial charge in [0, 0.05) is 21.9 Å². The molecule has 5 nitrogen and oxygen atoms in total. The van der Waals surface area contributed by atoms with E-state index >= 15 is 0 Å². The molecule has 0 radical (unpaired) electrons. The number of amides is 3. The van der Waals surface area contributed by atoms with Crippen molar-refractivity contribution in [3.8, 4) is 0 Å². The van der Waals surface area contributed by atoms with E-state index in [4.69, 9.17) is 0 Å². The van der Waals surface area contributed by atoms with Gasteiger partial charge < -0.3 is 16.0 Å². The number of benzene rings is 1. The molecule has 0 bridgehead atoms. The van der Waals surface area contributed by atoms with Crippen LogP contribution in [0.3, 0.4) is 0 Å². The molecule has 3 N–H and O–H groups in total. The van der Waals surface area contributed by atoms with Gasteiger partial charge in [0.05, 0.1) is 6.54 Å². The van der Waals surface area contributed by atoms with Crippen LogP contribution in [0.4, 0.5) is 10.5 Å². The van der Waals surface area contributed by atoms with Crippen molar-refractivity contribution in [1.29, 1.82) is 0 Å². The number of nitrogens with one attached hydrogen (secondary N) is 3. The first-order valence-electron chi connectivity index (χ1n) is 8.30. The van der Waals surface area contributed by atoms with Crippen molar-refractivity contribution in [3.05, 3.63) is 24.3 Å². The van der Waals surface area contributed by atoms with E-state index in [1.165, 1.54) is 30.6 Å². The van der Waals surface area contributed by atoms with Crippen LogP contribution in [-0.4, -0.2) is 29.8 Å². The molecular formula is C17H23N3O2S. The predicted molar refractivity (Wildman–Crippen MR) is 92.7 cm³/mol. The molecule has 124 valence electrons. The van der Waals surface area contributed by atoms with Crippen molar-refractivity contribution in [2.75, 3.05) is 11.9 Å². The zero-order chi connectivity index (χ0) is 16.1. The highest BCUT2D eigenvalue weighted by Gasteiger charge is 2.23. The lowest BCUT2D eigenvalue weighted by Crippen LogP contribution is -2.40. The number of anilines is 1. The second-order valence-electron chi connectivity index (χ2n) is 6.20. The second kappa shape index (κ2) is 7.73. The molecule has 3 amide bonds. The molecule has 0 aliphatic heterocycles. The molecule has 2 aliphatic carbocycles. The van der Waals surface area contributed by atoms with E-state index in [0.29, 0.717) is 6.04 Å². The van der Waals surface area contributed by atoms with Crippen LogP contribution in [-0.2, 0) is 4.79 Å². The van der Waals surface area contributed by atoms with Crippen molar-refractivity contribution < 1.29 is 9.59 Å². The molecule has 2 saturated carbocycles. The van der Waals surface area contributed by atoms with Gasteiger partial charge in [0.1, 0.15) is 0 Å². The molecule has 0 atom stereocenters. The number of hydrogen-bond donors (Lipinski definition) is 3. The van der Waals surface area contributed by atoms with Gasteiger partial charge in [-0.25, -0.2) is 4.79 Å². The van der Waals surface area contributed by atoms with E-state index in [0.717, 1.165) is 23.8 Å². The molecule has 0 unspecified atom stereocenters. The first-order valence-corrected chi connectivity index (χ1v) is 9.18. The van der Waals surface area contributed by atoms with E-state index in [2.05, 4.69) is 16.0 Å². The lowest BCUT2D eigenvalue weighted by Gasteiger charge is -2.10. The van der Waals surface area contributed by atoms with Crippen molar-refractivity contribution in [1.82, 2.24) is 10.6 Å². The van der Waals surface area contributed by atoms with Crippen molar-refractivity contribution >= 4 is 29.4 Å². The molecule has 1 aromatic carbocycles. The van der Waals surface area contributed by atoms with Crippen LogP contribution in [0.5, 0.6) is 0 Å². The summed E-state index contributed by atoms with van der Waals surface area (Å²) in [6.07, 6.45) is 7.35. The summed E-state index contributed by atoms with van der Waals surface area (Å²) in [7, 11) is 0. The highest BCUT2D eigenvalue weighted by atomic mass is 32.2. The quantitative estimate of drug-likeness (QED) is 0.749. The standard InChI is InChI=1S/C17H23N3O2S/c21-16(11-18-17(22)20-13-5-6-13)19-12-7-9-15(10-8-12)23-14-3-1-2-4-14/h7-10,13-14H,1-6,11H2,(H,19,21)(H2,18,20,22). The third kappa shape index (κ3) is 5.46. The Morgan fingerprint density at radius 2 is 1.74 bits per heavy atom. The van der Waals surface area contributed by atoms with Crippen LogP contribution in [0.1, 0.15) is 38.5 Å². The monoisotopic (exact) mass is 333 g/mol. The van der Waals surface area contributed by atoms with Crippen LogP contribution in [0.2, 0.25) is 0 Å². The number of carbonyl (C=O) groups excluding carboxylic acids is 2. The van der Waals surface area contributed by atoms with Crippen molar-refractivity contribution in [2.24, 2.45) is 0 Å². The van der Waals surface area contributed by atoms with Gasteiger partial charge in [-0.3, -0.25) is 4.79 Å². The van der Waals surface area contributed by atoms with Crippen LogP contribution < -0.4 is 16.0 Å². The SMILES string of the molecule is O=C(CNC(=O)NC1CC1)Nc1ccc(SC2CCCC2)cc1. The number of urea groups is 1. The Bertz CT molecular complexity index is 551. The van der Waals surface area contributed by atoms with Crippen LogP contribution in [0, 0.1) is 0 Å². The fourth-order valence-electron chi connectivity index (χ4n) is 2.65. The summed E-state index contributed by atoms with van der Waals surface area (Å²) in [5.41, 5.74) is 0.759. The van der Waals surface area contributed by atoms with Gasteiger partial charge in [-0.05, 0) is 49.9 Å². The minimum atomic E-state index is -0.272. The van der Waals surface area contributed by atoms with Crippen LogP contribution >= 0.6 is 11.8 Å². The average Bonchev–Trinajstić information content (AvgIpc) is 3.20. The van der Waals surface area contributed by atoms with Crippen molar-refractivity contribution in [3.63, 3.8) is 0 Å².